The summed E-state index contributed by atoms with van der Waals surface area (Å²) < 4.78 is 10.8. The highest BCUT2D eigenvalue weighted by molar-refractivity contribution is 5.82. The van der Waals surface area contributed by atoms with Gasteiger partial charge in [-0.25, -0.2) is 0 Å². The fraction of sp³-hybridized carbons (Fsp3) is 0.824. The number of carbonyl (C=O) groups excluding carboxylic acids is 1. The predicted octanol–water partition coefficient (Wildman–Crippen LogP) is 0.246. The maximum absolute atomic E-state index is 12.6. The molecule has 130 valence electrons. The molecule has 1 N–H and O–H groups in total. The minimum atomic E-state index is -0.0312. The molecule has 1 unspecified atom stereocenters. The summed E-state index contributed by atoms with van der Waals surface area (Å²) in [5, 5.41) is 3.44. The summed E-state index contributed by atoms with van der Waals surface area (Å²) in [6.07, 6.45) is 5.25. The first-order chi connectivity index (χ1) is 11.3. The van der Waals surface area contributed by atoms with Crippen LogP contribution in [0.15, 0.2) is 11.6 Å². The van der Waals surface area contributed by atoms with Crippen LogP contribution >= 0.6 is 0 Å². The molecular weight excluding hydrogens is 294 g/mol. The van der Waals surface area contributed by atoms with Crippen molar-refractivity contribution in [1.29, 1.82) is 0 Å². The third kappa shape index (κ3) is 5.01. The summed E-state index contributed by atoms with van der Waals surface area (Å²) in [5.41, 5.74) is 1.27. The van der Waals surface area contributed by atoms with Crippen molar-refractivity contribution in [2.24, 2.45) is 0 Å². The van der Waals surface area contributed by atoms with E-state index in [4.69, 9.17) is 9.47 Å². The van der Waals surface area contributed by atoms with Crippen molar-refractivity contribution in [1.82, 2.24) is 15.1 Å². The monoisotopic (exact) mass is 323 g/mol. The molecule has 3 aliphatic heterocycles. The molecule has 0 aromatic rings. The van der Waals surface area contributed by atoms with E-state index in [-0.39, 0.29) is 11.9 Å². The standard InChI is InChI=1S/C17H29N3O3/c21-17-16(18-13-15-3-2-10-23-14-15)4-1-5-20(17)7-6-19-8-11-22-12-9-19/h3,16,18H,1-2,4-14H2. The molecule has 2 saturated heterocycles. The lowest BCUT2D eigenvalue weighted by Gasteiger charge is -2.35. The highest BCUT2D eigenvalue weighted by Gasteiger charge is 2.28. The molecule has 0 bridgehead atoms. The van der Waals surface area contributed by atoms with Gasteiger partial charge in [-0.05, 0) is 24.8 Å². The second-order valence-electron chi connectivity index (χ2n) is 6.56. The molecule has 1 atom stereocenters. The topological polar surface area (TPSA) is 54.0 Å². The molecule has 0 radical (unpaired) electrons. The van der Waals surface area contributed by atoms with Crippen LogP contribution in [0.5, 0.6) is 0 Å². The molecule has 2 fully saturated rings. The van der Waals surface area contributed by atoms with E-state index in [0.717, 1.165) is 78.4 Å². The van der Waals surface area contributed by atoms with Gasteiger partial charge in [-0.2, -0.15) is 0 Å². The summed E-state index contributed by atoms with van der Waals surface area (Å²) >= 11 is 0. The fourth-order valence-corrected chi connectivity index (χ4v) is 3.42. The van der Waals surface area contributed by atoms with Gasteiger partial charge in [0.15, 0.2) is 0 Å². The lowest BCUT2D eigenvalue weighted by atomic mass is 10.0. The van der Waals surface area contributed by atoms with Gasteiger partial charge < -0.3 is 19.7 Å². The molecular formula is C17H29N3O3. The zero-order valence-electron chi connectivity index (χ0n) is 14.0. The number of nitrogens with one attached hydrogen (secondary N) is 1. The van der Waals surface area contributed by atoms with E-state index >= 15 is 0 Å². The van der Waals surface area contributed by atoms with Crippen LogP contribution < -0.4 is 5.32 Å². The largest absolute Gasteiger partial charge is 0.379 e. The third-order valence-corrected chi connectivity index (χ3v) is 4.88. The summed E-state index contributed by atoms with van der Waals surface area (Å²) in [4.78, 5) is 17.1. The number of rotatable bonds is 6. The SMILES string of the molecule is O=C1C(NCC2=CCCOC2)CCCN1CCN1CCOCC1. The first kappa shape index (κ1) is 16.9. The summed E-state index contributed by atoms with van der Waals surface area (Å²) in [5.74, 6) is 0.266. The van der Waals surface area contributed by atoms with E-state index < -0.39 is 0 Å². The first-order valence-corrected chi connectivity index (χ1v) is 8.91. The Morgan fingerprint density at radius 2 is 2.00 bits per heavy atom. The van der Waals surface area contributed by atoms with Crippen LogP contribution in [0.4, 0.5) is 0 Å². The number of nitrogens with zero attached hydrogens (tertiary/aromatic N) is 2. The number of ether oxygens (including phenoxy) is 2. The lowest BCUT2D eigenvalue weighted by molar-refractivity contribution is -0.136. The van der Waals surface area contributed by atoms with Gasteiger partial charge in [0.25, 0.3) is 0 Å². The predicted molar refractivity (Wildman–Crippen MR) is 88.4 cm³/mol. The van der Waals surface area contributed by atoms with Gasteiger partial charge in [-0.15, -0.1) is 0 Å². The molecule has 3 rings (SSSR count). The average molecular weight is 323 g/mol. The Hall–Kier alpha value is -0.950. The molecule has 0 aliphatic carbocycles. The second-order valence-corrected chi connectivity index (χ2v) is 6.56. The van der Waals surface area contributed by atoms with Crippen molar-refractivity contribution in [2.45, 2.75) is 25.3 Å². The quantitative estimate of drug-likeness (QED) is 0.710. The van der Waals surface area contributed by atoms with Crippen molar-refractivity contribution in [3.05, 3.63) is 11.6 Å². The van der Waals surface area contributed by atoms with Crippen LogP contribution in [0.3, 0.4) is 0 Å². The minimum absolute atomic E-state index is 0.0312. The zero-order valence-corrected chi connectivity index (χ0v) is 14.0. The summed E-state index contributed by atoms with van der Waals surface area (Å²) in [7, 11) is 0. The second kappa shape index (κ2) is 8.78. The number of hydrogen-bond acceptors (Lipinski definition) is 5. The highest BCUT2D eigenvalue weighted by Crippen LogP contribution is 2.13. The Bertz CT molecular complexity index is 421. The minimum Gasteiger partial charge on any atom is -0.379 e. The molecule has 3 heterocycles. The zero-order chi connectivity index (χ0) is 15.9. The van der Waals surface area contributed by atoms with Crippen molar-refractivity contribution in [2.75, 3.05) is 65.7 Å². The Morgan fingerprint density at radius 3 is 2.78 bits per heavy atom. The summed E-state index contributed by atoms with van der Waals surface area (Å²) in [6.45, 7) is 8.58. The van der Waals surface area contributed by atoms with Gasteiger partial charge in [0.2, 0.25) is 5.91 Å². The van der Waals surface area contributed by atoms with Gasteiger partial charge in [-0.3, -0.25) is 9.69 Å². The summed E-state index contributed by atoms with van der Waals surface area (Å²) in [6, 6.07) is -0.0312. The molecule has 6 nitrogen and oxygen atoms in total. The maximum Gasteiger partial charge on any atom is 0.239 e. The van der Waals surface area contributed by atoms with E-state index in [1.807, 2.05) is 4.90 Å². The number of piperidine rings is 1. The van der Waals surface area contributed by atoms with Gasteiger partial charge in [0.1, 0.15) is 0 Å². The van der Waals surface area contributed by atoms with Crippen LogP contribution in [0.25, 0.3) is 0 Å². The van der Waals surface area contributed by atoms with E-state index in [1.54, 1.807) is 0 Å². The molecule has 0 aromatic heterocycles. The van der Waals surface area contributed by atoms with Crippen LogP contribution in [0.1, 0.15) is 19.3 Å². The smallest absolute Gasteiger partial charge is 0.239 e. The fourth-order valence-electron chi connectivity index (χ4n) is 3.42. The van der Waals surface area contributed by atoms with Crippen molar-refractivity contribution < 1.29 is 14.3 Å². The van der Waals surface area contributed by atoms with Gasteiger partial charge in [0.05, 0.1) is 32.5 Å². The van der Waals surface area contributed by atoms with Crippen LogP contribution in [-0.2, 0) is 14.3 Å². The number of carbonyl (C=O) groups is 1. The maximum atomic E-state index is 12.6. The highest BCUT2D eigenvalue weighted by atomic mass is 16.5. The third-order valence-electron chi connectivity index (χ3n) is 4.88. The van der Waals surface area contributed by atoms with E-state index in [0.29, 0.717) is 6.61 Å². The van der Waals surface area contributed by atoms with Crippen LogP contribution in [0, 0.1) is 0 Å². The van der Waals surface area contributed by atoms with Crippen molar-refractivity contribution in [3.8, 4) is 0 Å². The Labute approximate surface area is 138 Å². The van der Waals surface area contributed by atoms with Gasteiger partial charge in [0, 0.05) is 39.3 Å². The Balaban J connectivity index is 1.42. The van der Waals surface area contributed by atoms with Crippen LogP contribution in [-0.4, -0.2) is 87.4 Å². The lowest BCUT2D eigenvalue weighted by Crippen LogP contribution is -2.53. The number of likely N-dealkylation sites (tertiary alicyclic amines) is 1. The number of hydrogen-bond donors (Lipinski definition) is 1. The molecule has 0 aromatic carbocycles. The van der Waals surface area contributed by atoms with Crippen LogP contribution in [0.2, 0.25) is 0 Å². The molecule has 3 aliphatic rings. The van der Waals surface area contributed by atoms with Gasteiger partial charge >= 0.3 is 0 Å². The van der Waals surface area contributed by atoms with Crippen molar-refractivity contribution >= 4 is 5.91 Å². The molecule has 6 heteroatoms. The average Bonchev–Trinajstić information content (AvgIpc) is 2.61. The van der Waals surface area contributed by atoms with E-state index in [2.05, 4.69) is 16.3 Å². The van der Waals surface area contributed by atoms with Crippen molar-refractivity contribution in [3.63, 3.8) is 0 Å². The normalized spacial score (nSPS) is 27.1. The molecule has 23 heavy (non-hydrogen) atoms. The number of amides is 1. The molecule has 0 spiro atoms. The first-order valence-electron chi connectivity index (χ1n) is 8.91. The van der Waals surface area contributed by atoms with E-state index in [9.17, 15) is 4.79 Å². The molecule has 0 saturated carbocycles. The molecule has 1 amide bonds. The Kier molecular flexibility index (Phi) is 6.45. The number of morpholine rings is 1. The van der Waals surface area contributed by atoms with Gasteiger partial charge in [-0.1, -0.05) is 6.08 Å². The Morgan fingerprint density at radius 1 is 1.13 bits per heavy atom. The van der Waals surface area contributed by atoms with E-state index in [1.165, 1.54) is 5.57 Å².